The van der Waals surface area contributed by atoms with Crippen LogP contribution in [0.2, 0.25) is 0 Å². The van der Waals surface area contributed by atoms with Crippen molar-refractivity contribution in [2.45, 2.75) is 57.7 Å². The molecule has 3 nitrogen and oxygen atoms in total. The van der Waals surface area contributed by atoms with E-state index in [9.17, 15) is 4.79 Å². The van der Waals surface area contributed by atoms with Crippen LogP contribution in [0.4, 0.5) is 0 Å². The fourth-order valence-electron chi connectivity index (χ4n) is 2.79. The fourth-order valence-corrected chi connectivity index (χ4v) is 3.26. The number of rotatable bonds is 11. The average Bonchev–Trinajstić information content (AvgIpc) is 2.73. The van der Waals surface area contributed by atoms with Crippen molar-refractivity contribution in [3.8, 4) is 22.6 Å². The maximum atomic E-state index is 12.2. The van der Waals surface area contributed by atoms with Crippen molar-refractivity contribution in [2.75, 3.05) is 6.61 Å². The Morgan fingerprint density at radius 1 is 0.893 bits per heavy atom. The number of carbonyl (C=O) groups is 1. The van der Waals surface area contributed by atoms with Gasteiger partial charge in [-0.2, -0.15) is 0 Å². The lowest BCUT2D eigenvalue weighted by atomic mass is 10.1. The molecule has 2 aromatic carbocycles. The van der Waals surface area contributed by atoms with Crippen LogP contribution in [0.5, 0.6) is 11.5 Å². The smallest absolute Gasteiger partial charge is 0.325 e. The second-order valence-electron chi connectivity index (χ2n) is 7.17. The molecule has 2 aromatic rings. The lowest BCUT2D eigenvalue weighted by molar-refractivity contribution is -0.134. The zero-order valence-corrected chi connectivity index (χ0v) is 18.7. The van der Waals surface area contributed by atoms with Crippen LogP contribution in [0.15, 0.2) is 48.5 Å². The molecule has 0 aliphatic rings. The highest BCUT2D eigenvalue weighted by molar-refractivity contribution is 9.10. The van der Waals surface area contributed by atoms with Crippen molar-refractivity contribution in [1.29, 1.82) is 0 Å². The number of benzene rings is 2. The van der Waals surface area contributed by atoms with Gasteiger partial charge in [0.15, 0.2) is 0 Å². The van der Waals surface area contributed by atoms with Gasteiger partial charge in [-0.15, -0.1) is 0 Å². The molecule has 0 radical (unpaired) electrons. The predicted molar refractivity (Wildman–Crippen MR) is 119 cm³/mol. The van der Waals surface area contributed by atoms with Crippen LogP contribution < -0.4 is 9.47 Å². The van der Waals surface area contributed by atoms with E-state index in [1.54, 1.807) is 0 Å². The second-order valence-corrected chi connectivity index (χ2v) is 8.15. The number of hydrogen-bond acceptors (Lipinski definition) is 3. The Hall–Kier alpha value is -1.81. The van der Waals surface area contributed by atoms with Gasteiger partial charge in [0.25, 0.3) is 0 Å². The summed E-state index contributed by atoms with van der Waals surface area (Å²) in [6.07, 6.45) is 5.74. The van der Waals surface area contributed by atoms with Gasteiger partial charge in [0, 0.05) is 0 Å². The predicted octanol–water partition coefficient (Wildman–Crippen LogP) is 7.03. The minimum atomic E-state index is -0.285. The fraction of sp³-hybridized carbons (Fsp3) is 0.458. The molecule has 0 bridgehead atoms. The summed E-state index contributed by atoms with van der Waals surface area (Å²) < 4.78 is 11.3. The van der Waals surface area contributed by atoms with Crippen LogP contribution >= 0.6 is 15.9 Å². The lowest BCUT2D eigenvalue weighted by Crippen LogP contribution is -2.26. The number of hydrogen-bond donors (Lipinski definition) is 0. The van der Waals surface area contributed by atoms with Crippen LogP contribution in [0.25, 0.3) is 11.1 Å². The van der Waals surface area contributed by atoms with Crippen LogP contribution in [0.3, 0.4) is 0 Å². The van der Waals surface area contributed by atoms with Crippen molar-refractivity contribution in [1.82, 2.24) is 0 Å². The third kappa shape index (κ3) is 6.97. The van der Waals surface area contributed by atoms with Crippen molar-refractivity contribution >= 4 is 21.9 Å². The molecule has 0 amide bonds. The third-order valence-corrected chi connectivity index (χ3v) is 6.17. The van der Waals surface area contributed by atoms with Crippen molar-refractivity contribution in [3.63, 3.8) is 0 Å². The summed E-state index contributed by atoms with van der Waals surface area (Å²) in [5.74, 6) is 1.45. The van der Waals surface area contributed by atoms with Gasteiger partial charge < -0.3 is 9.47 Å². The number of unbranched alkanes of at least 4 members (excludes halogenated alkanes) is 3. The van der Waals surface area contributed by atoms with Crippen molar-refractivity contribution < 1.29 is 14.3 Å². The second kappa shape index (κ2) is 11.9. The Labute approximate surface area is 177 Å². The highest BCUT2D eigenvalue weighted by Gasteiger charge is 2.22. The Kier molecular flexibility index (Phi) is 9.56. The van der Waals surface area contributed by atoms with Gasteiger partial charge in [-0.25, -0.2) is 0 Å². The molecule has 2 unspecified atom stereocenters. The van der Waals surface area contributed by atoms with Gasteiger partial charge in [-0.05, 0) is 47.7 Å². The summed E-state index contributed by atoms with van der Waals surface area (Å²) in [5, 5.41) is 0. The molecule has 2 atom stereocenters. The number of carbonyl (C=O) groups excluding carboxylic acids is 1. The van der Waals surface area contributed by atoms with Crippen LogP contribution in [-0.4, -0.2) is 17.4 Å². The molecule has 0 fully saturated rings. The van der Waals surface area contributed by atoms with Crippen LogP contribution in [0.1, 0.15) is 52.9 Å². The van der Waals surface area contributed by atoms with E-state index in [2.05, 4.69) is 41.9 Å². The Morgan fingerprint density at radius 3 is 2.00 bits per heavy atom. The van der Waals surface area contributed by atoms with E-state index in [-0.39, 0.29) is 16.7 Å². The molecule has 2 rings (SSSR count). The summed E-state index contributed by atoms with van der Waals surface area (Å²) in [6.45, 7) is 7.07. The standard InChI is InChI=1S/C24H31BrO3/c1-4-6-7-8-17-27-21-13-9-19(10-14-21)20-11-15-22(16-12-20)28-24(26)23(25)18(3)5-2/h9-16,18,23H,4-8,17H2,1-3H3. The molecule has 0 aromatic heterocycles. The molecule has 0 aliphatic carbocycles. The largest absolute Gasteiger partial charge is 0.494 e. The summed E-state index contributed by atoms with van der Waals surface area (Å²) in [6, 6.07) is 15.7. The number of esters is 1. The molecule has 0 spiro atoms. The molecule has 0 saturated heterocycles. The minimum Gasteiger partial charge on any atom is -0.494 e. The molecule has 28 heavy (non-hydrogen) atoms. The maximum Gasteiger partial charge on any atom is 0.325 e. The maximum absolute atomic E-state index is 12.2. The summed E-state index contributed by atoms with van der Waals surface area (Å²) in [5.41, 5.74) is 2.18. The highest BCUT2D eigenvalue weighted by atomic mass is 79.9. The van der Waals surface area contributed by atoms with E-state index in [0.29, 0.717) is 5.75 Å². The van der Waals surface area contributed by atoms with Crippen molar-refractivity contribution in [3.05, 3.63) is 48.5 Å². The average molecular weight is 447 g/mol. The lowest BCUT2D eigenvalue weighted by Gasteiger charge is -2.15. The van der Waals surface area contributed by atoms with E-state index in [4.69, 9.17) is 9.47 Å². The highest BCUT2D eigenvalue weighted by Crippen LogP contribution is 2.26. The Morgan fingerprint density at radius 2 is 1.46 bits per heavy atom. The van der Waals surface area contributed by atoms with Gasteiger partial charge in [-0.1, -0.05) is 86.6 Å². The first-order valence-corrected chi connectivity index (χ1v) is 11.2. The quantitative estimate of drug-likeness (QED) is 0.161. The van der Waals surface area contributed by atoms with Crippen LogP contribution in [0, 0.1) is 5.92 Å². The molecular formula is C24H31BrO3. The molecular weight excluding hydrogens is 416 g/mol. The zero-order valence-electron chi connectivity index (χ0n) is 17.1. The Bertz CT molecular complexity index is 710. The molecule has 152 valence electrons. The summed E-state index contributed by atoms with van der Waals surface area (Å²) >= 11 is 3.43. The van der Waals surface area contributed by atoms with E-state index >= 15 is 0 Å². The van der Waals surface area contributed by atoms with E-state index in [0.717, 1.165) is 36.3 Å². The van der Waals surface area contributed by atoms with Gasteiger partial charge in [0.2, 0.25) is 0 Å². The molecule has 0 aliphatic heterocycles. The molecule has 0 saturated carbocycles. The summed E-state index contributed by atoms with van der Waals surface area (Å²) in [7, 11) is 0. The Balaban J connectivity index is 1.89. The number of ether oxygens (including phenoxy) is 2. The van der Waals surface area contributed by atoms with Crippen molar-refractivity contribution in [2.24, 2.45) is 5.92 Å². The van der Waals surface area contributed by atoms with Gasteiger partial charge >= 0.3 is 5.97 Å². The SMILES string of the molecule is CCCCCCOc1ccc(-c2ccc(OC(=O)C(Br)C(C)CC)cc2)cc1. The van der Waals surface area contributed by atoms with Crippen LogP contribution in [-0.2, 0) is 4.79 Å². The molecule has 0 heterocycles. The van der Waals surface area contributed by atoms with Gasteiger partial charge in [0.1, 0.15) is 16.3 Å². The van der Waals surface area contributed by atoms with E-state index in [1.807, 2.05) is 43.3 Å². The van der Waals surface area contributed by atoms with E-state index < -0.39 is 0 Å². The zero-order chi connectivity index (χ0) is 20.4. The minimum absolute atomic E-state index is 0.235. The molecule has 4 heteroatoms. The first-order chi connectivity index (χ1) is 13.5. The number of alkyl halides is 1. The monoisotopic (exact) mass is 446 g/mol. The summed E-state index contributed by atoms with van der Waals surface area (Å²) in [4.78, 5) is 11.9. The van der Waals surface area contributed by atoms with E-state index in [1.165, 1.54) is 19.3 Å². The first kappa shape index (κ1) is 22.5. The van der Waals surface area contributed by atoms with Gasteiger partial charge in [-0.3, -0.25) is 4.79 Å². The first-order valence-electron chi connectivity index (χ1n) is 10.2. The topological polar surface area (TPSA) is 35.5 Å². The molecule has 0 N–H and O–H groups in total. The third-order valence-electron chi connectivity index (χ3n) is 4.90. The van der Waals surface area contributed by atoms with Gasteiger partial charge in [0.05, 0.1) is 6.61 Å². The normalized spacial score (nSPS) is 13.0. The number of halogens is 1.